The van der Waals surface area contributed by atoms with Crippen molar-refractivity contribution in [2.75, 3.05) is 17.3 Å². The maximum absolute atomic E-state index is 13.7. The van der Waals surface area contributed by atoms with Crippen LogP contribution in [0.2, 0.25) is 5.02 Å². The molecular weight excluding hydrogens is 506 g/mol. The van der Waals surface area contributed by atoms with Gasteiger partial charge in [-0.3, -0.25) is 14.5 Å². The number of anilines is 2. The number of carbonyl (C=O) groups is 2. The van der Waals surface area contributed by atoms with Crippen LogP contribution in [0.3, 0.4) is 0 Å². The van der Waals surface area contributed by atoms with Crippen LogP contribution in [0.25, 0.3) is 0 Å². The number of hydrogen-bond acceptors (Lipinski definition) is 5. The molecule has 188 valence electrons. The molecule has 37 heavy (non-hydrogen) atoms. The fraction of sp³-hybridized carbons (Fsp3) is 0.207. The molecule has 0 aliphatic carbocycles. The van der Waals surface area contributed by atoms with E-state index in [-0.39, 0.29) is 11.5 Å². The minimum absolute atomic E-state index is 0.143. The predicted molar refractivity (Wildman–Crippen MR) is 149 cm³/mol. The van der Waals surface area contributed by atoms with E-state index in [0.29, 0.717) is 39.5 Å². The highest BCUT2D eigenvalue weighted by atomic mass is 35.5. The number of benzene rings is 3. The van der Waals surface area contributed by atoms with Crippen LogP contribution >= 0.6 is 23.4 Å². The van der Waals surface area contributed by atoms with E-state index in [1.807, 2.05) is 42.5 Å². The Hall–Kier alpha value is -3.73. The van der Waals surface area contributed by atoms with E-state index in [0.717, 1.165) is 11.1 Å². The van der Waals surface area contributed by atoms with E-state index in [2.05, 4.69) is 19.2 Å². The molecule has 2 amide bonds. The normalized spacial score (nSPS) is 16.5. The highest BCUT2D eigenvalue weighted by molar-refractivity contribution is 8.05. The average molecular weight is 532 g/mol. The van der Waals surface area contributed by atoms with Crippen LogP contribution in [-0.2, 0) is 16.0 Å². The van der Waals surface area contributed by atoms with Crippen LogP contribution in [0.15, 0.2) is 83.4 Å². The Labute approximate surface area is 225 Å². The molecular formula is C29H26ClN3O3S. The van der Waals surface area contributed by atoms with Gasteiger partial charge in [0.25, 0.3) is 5.91 Å². The molecule has 1 unspecified atom stereocenters. The number of thioether (sulfide) groups is 1. The largest absolute Gasteiger partial charge is 0.495 e. The van der Waals surface area contributed by atoms with Gasteiger partial charge >= 0.3 is 0 Å². The number of amides is 2. The Bertz CT molecular complexity index is 1380. The lowest BCUT2D eigenvalue weighted by atomic mass is 10.0. The third-order valence-corrected chi connectivity index (χ3v) is 7.53. The van der Waals surface area contributed by atoms with Gasteiger partial charge in [-0.1, -0.05) is 73.6 Å². The standard InChI is InChI=1S/C29H26ClN3O3S/c1-18(2)20-10-14-22(15-11-20)33-28(35)26(16-19-8-12-21(30)13-9-19)37-29(33)23(17-31)27(34)32-24-6-4-5-7-25(24)36-3/h4-15,18,26H,16H2,1-3H3,(H,32,34)/b29-23-. The maximum Gasteiger partial charge on any atom is 0.269 e. The van der Waals surface area contributed by atoms with Crippen molar-refractivity contribution in [3.8, 4) is 11.8 Å². The van der Waals surface area contributed by atoms with Gasteiger partial charge in [-0.15, -0.1) is 0 Å². The zero-order valence-electron chi connectivity index (χ0n) is 20.7. The zero-order chi connectivity index (χ0) is 26.5. The molecule has 1 atom stereocenters. The first-order valence-corrected chi connectivity index (χ1v) is 13.0. The van der Waals surface area contributed by atoms with Crippen LogP contribution in [0.1, 0.15) is 30.9 Å². The fourth-order valence-corrected chi connectivity index (χ4v) is 5.43. The summed E-state index contributed by atoms with van der Waals surface area (Å²) in [5, 5.41) is 13.2. The minimum atomic E-state index is -0.613. The molecule has 1 aliphatic rings. The number of ether oxygens (including phenoxy) is 1. The van der Waals surface area contributed by atoms with E-state index in [4.69, 9.17) is 16.3 Å². The van der Waals surface area contributed by atoms with Crippen molar-refractivity contribution < 1.29 is 14.3 Å². The number of methoxy groups -OCH3 is 1. The van der Waals surface area contributed by atoms with Gasteiger partial charge in [0.2, 0.25) is 5.91 Å². The Morgan fingerprint density at radius 3 is 2.41 bits per heavy atom. The Morgan fingerprint density at radius 2 is 1.78 bits per heavy atom. The van der Waals surface area contributed by atoms with Gasteiger partial charge in [0.1, 0.15) is 22.4 Å². The lowest BCUT2D eigenvalue weighted by Gasteiger charge is -2.20. The molecule has 0 radical (unpaired) electrons. The van der Waals surface area contributed by atoms with Crippen LogP contribution in [0.4, 0.5) is 11.4 Å². The van der Waals surface area contributed by atoms with E-state index < -0.39 is 11.2 Å². The summed E-state index contributed by atoms with van der Waals surface area (Å²) in [7, 11) is 1.50. The predicted octanol–water partition coefficient (Wildman–Crippen LogP) is 6.54. The second kappa shape index (κ2) is 11.5. The van der Waals surface area contributed by atoms with Crippen molar-refractivity contribution in [3.63, 3.8) is 0 Å². The number of nitrogens with zero attached hydrogens (tertiary/aromatic N) is 2. The van der Waals surface area contributed by atoms with E-state index >= 15 is 0 Å². The Morgan fingerprint density at radius 1 is 1.11 bits per heavy atom. The second-order valence-corrected chi connectivity index (χ2v) is 10.4. The number of para-hydroxylation sites is 2. The molecule has 4 rings (SSSR count). The summed E-state index contributed by atoms with van der Waals surface area (Å²) >= 11 is 7.25. The molecule has 1 fully saturated rings. The summed E-state index contributed by atoms with van der Waals surface area (Å²) < 4.78 is 5.32. The van der Waals surface area contributed by atoms with Gasteiger partial charge in [-0.2, -0.15) is 5.26 Å². The fourth-order valence-electron chi connectivity index (χ4n) is 4.00. The third-order valence-electron chi connectivity index (χ3n) is 6.01. The zero-order valence-corrected chi connectivity index (χ0v) is 22.3. The van der Waals surface area contributed by atoms with Gasteiger partial charge in [0.15, 0.2) is 0 Å². The van der Waals surface area contributed by atoms with Crippen molar-refractivity contribution in [1.29, 1.82) is 5.26 Å². The molecule has 1 aliphatic heterocycles. The maximum atomic E-state index is 13.7. The third kappa shape index (κ3) is 5.82. The monoisotopic (exact) mass is 531 g/mol. The van der Waals surface area contributed by atoms with E-state index in [1.54, 1.807) is 36.4 Å². The summed E-state index contributed by atoms with van der Waals surface area (Å²) in [6.07, 6.45) is 0.428. The van der Waals surface area contributed by atoms with Crippen molar-refractivity contribution in [2.45, 2.75) is 31.4 Å². The number of hydrogen-bond donors (Lipinski definition) is 1. The number of halogens is 1. The lowest BCUT2D eigenvalue weighted by Crippen LogP contribution is -2.31. The molecule has 3 aromatic carbocycles. The second-order valence-electron chi connectivity index (χ2n) is 8.80. The summed E-state index contributed by atoms with van der Waals surface area (Å²) in [5.41, 5.74) is 2.96. The molecule has 0 spiro atoms. The van der Waals surface area contributed by atoms with Crippen molar-refractivity contribution in [2.24, 2.45) is 0 Å². The first kappa shape index (κ1) is 26.3. The quantitative estimate of drug-likeness (QED) is 0.276. The highest BCUT2D eigenvalue weighted by Crippen LogP contribution is 2.42. The molecule has 6 nitrogen and oxygen atoms in total. The molecule has 1 N–H and O–H groups in total. The number of rotatable bonds is 7. The number of nitrogens with one attached hydrogen (secondary N) is 1. The molecule has 8 heteroatoms. The van der Waals surface area contributed by atoms with E-state index in [9.17, 15) is 14.9 Å². The van der Waals surface area contributed by atoms with E-state index in [1.165, 1.54) is 23.8 Å². The molecule has 0 bridgehead atoms. The summed E-state index contributed by atoms with van der Waals surface area (Å²) in [5.74, 6) is -0.00922. The average Bonchev–Trinajstić information content (AvgIpc) is 3.21. The topological polar surface area (TPSA) is 82.4 Å². The van der Waals surface area contributed by atoms with Crippen molar-refractivity contribution in [3.05, 3.63) is 99.5 Å². The Kier molecular flexibility index (Phi) is 8.22. The number of carbonyl (C=O) groups excluding carboxylic acids is 2. The minimum Gasteiger partial charge on any atom is -0.495 e. The summed E-state index contributed by atoms with van der Waals surface area (Å²) in [4.78, 5) is 28.5. The van der Waals surface area contributed by atoms with Gasteiger partial charge in [-0.25, -0.2) is 0 Å². The highest BCUT2D eigenvalue weighted by Gasteiger charge is 2.41. The van der Waals surface area contributed by atoms with Crippen LogP contribution in [0, 0.1) is 11.3 Å². The molecule has 3 aromatic rings. The Balaban J connectivity index is 1.74. The van der Waals surface area contributed by atoms with Crippen LogP contribution in [-0.4, -0.2) is 24.2 Å². The lowest BCUT2D eigenvalue weighted by molar-refractivity contribution is -0.117. The van der Waals surface area contributed by atoms with Gasteiger partial charge < -0.3 is 10.1 Å². The SMILES string of the molecule is COc1ccccc1NC(=O)/C(C#N)=C1\SC(Cc2ccc(Cl)cc2)C(=O)N1c1ccc(C(C)C)cc1. The van der Waals surface area contributed by atoms with Crippen molar-refractivity contribution >= 4 is 46.6 Å². The smallest absolute Gasteiger partial charge is 0.269 e. The van der Waals surface area contributed by atoms with Gasteiger partial charge in [-0.05, 0) is 59.9 Å². The van der Waals surface area contributed by atoms with Gasteiger partial charge in [0.05, 0.1) is 18.0 Å². The molecule has 1 saturated heterocycles. The number of nitriles is 1. The molecule has 1 heterocycles. The van der Waals surface area contributed by atoms with Gasteiger partial charge in [0, 0.05) is 10.7 Å². The van der Waals surface area contributed by atoms with Crippen LogP contribution in [0.5, 0.6) is 5.75 Å². The summed E-state index contributed by atoms with van der Waals surface area (Å²) in [6.45, 7) is 4.19. The molecule has 0 saturated carbocycles. The van der Waals surface area contributed by atoms with Crippen molar-refractivity contribution in [1.82, 2.24) is 0 Å². The first-order chi connectivity index (χ1) is 17.8. The molecule has 0 aromatic heterocycles. The summed E-state index contributed by atoms with van der Waals surface area (Å²) in [6, 6.07) is 23.9. The van der Waals surface area contributed by atoms with Crippen LogP contribution < -0.4 is 15.0 Å². The first-order valence-electron chi connectivity index (χ1n) is 11.8.